The summed E-state index contributed by atoms with van der Waals surface area (Å²) in [6, 6.07) is 13.8. The number of alkyl halides is 3. The van der Waals surface area contributed by atoms with Gasteiger partial charge in [0.1, 0.15) is 0 Å². The zero-order valence-electron chi connectivity index (χ0n) is 9.85. The van der Waals surface area contributed by atoms with Crippen LogP contribution in [0.25, 0.3) is 0 Å². The molecule has 0 aliphatic carbocycles. The molecule has 98 valence electrons. The number of nitrogens with zero attached hydrogens (tertiary/aromatic N) is 1. The summed E-state index contributed by atoms with van der Waals surface area (Å²) in [6.45, 7) is 0. The predicted octanol–water partition coefficient (Wildman–Crippen LogP) is 3.42. The van der Waals surface area contributed by atoms with Crippen molar-refractivity contribution >= 4 is 5.71 Å². The Morgan fingerprint density at radius 1 is 0.842 bits per heavy atom. The van der Waals surface area contributed by atoms with Crippen LogP contribution in [0.15, 0.2) is 59.7 Å². The molecule has 2 aromatic carbocycles. The minimum Gasteiger partial charge on any atom is -0.323 e. The first kappa shape index (κ1) is 13.1. The third-order valence-corrected chi connectivity index (χ3v) is 2.66. The lowest BCUT2D eigenvalue weighted by Crippen LogP contribution is -2.08. The maximum atomic E-state index is 12.5. The minimum absolute atomic E-state index is 0.453. The highest BCUT2D eigenvalue weighted by molar-refractivity contribution is 6.12. The fourth-order valence-corrected chi connectivity index (χ4v) is 1.73. The molecule has 2 N–H and O–H groups in total. The lowest BCUT2D eigenvalue weighted by atomic mass is 10.0. The Labute approximate surface area is 108 Å². The second kappa shape index (κ2) is 5.14. The number of hydrazone groups is 1. The number of nitrogens with two attached hydrogens (primary N) is 1. The Kier molecular flexibility index (Phi) is 3.55. The summed E-state index contributed by atoms with van der Waals surface area (Å²) in [4.78, 5) is 0. The van der Waals surface area contributed by atoms with Crippen LogP contribution in [0.2, 0.25) is 0 Å². The molecule has 0 bridgehead atoms. The van der Waals surface area contributed by atoms with Crippen LogP contribution in [0.3, 0.4) is 0 Å². The Hall–Kier alpha value is -2.30. The molecule has 5 heteroatoms. The number of rotatable bonds is 2. The molecule has 0 amide bonds. The van der Waals surface area contributed by atoms with Crippen LogP contribution in [-0.4, -0.2) is 5.71 Å². The molecule has 0 aliphatic rings. The Morgan fingerprint density at radius 3 is 1.84 bits per heavy atom. The van der Waals surface area contributed by atoms with Crippen molar-refractivity contribution in [1.29, 1.82) is 0 Å². The SMILES string of the molecule is NN=C(c1ccccc1)c1ccc(C(F)(F)F)cc1. The highest BCUT2D eigenvalue weighted by atomic mass is 19.4. The van der Waals surface area contributed by atoms with Crippen molar-refractivity contribution in [2.75, 3.05) is 0 Å². The van der Waals surface area contributed by atoms with E-state index in [-0.39, 0.29) is 0 Å². The zero-order valence-corrected chi connectivity index (χ0v) is 9.85. The van der Waals surface area contributed by atoms with Crippen molar-refractivity contribution < 1.29 is 13.2 Å². The van der Waals surface area contributed by atoms with Gasteiger partial charge in [0.2, 0.25) is 0 Å². The van der Waals surface area contributed by atoms with Crippen LogP contribution in [0.5, 0.6) is 0 Å². The molecule has 0 aliphatic heterocycles. The number of benzene rings is 2. The first-order valence-corrected chi connectivity index (χ1v) is 5.53. The summed E-state index contributed by atoms with van der Waals surface area (Å²) < 4.78 is 37.4. The molecule has 0 fully saturated rings. The third kappa shape index (κ3) is 2.93. The molecule has 0 unspecified atom stereocenters. The molecule has 0 aromatic heterocycles. The van der Waals surface area contributed by atoms with Gasteiger partial charge in [-0.3, -0.25) is 0 Å². The van der Waals surface area contributed by atoms with Crippen molar-refractivity contribution in [1.82, 2.24) is 0 Å². The summed E-state index contributed by atoms with van der Waals surface area (Å²) >= 11 is 0. The van der Waals surface area contributed by atoms with Crippen LogP contribution in [-0.2, 0) is 6.18 Å². The van der Waals surface area contributed by atoms with Gasteiger partial charge < -0.3 is 5.84 Å². The zero-order chi connectivity index (χ0) is 13.9. The Morgan fingerprint density at radius 2 is 1.37 bits per heavy atom. The standard InChI is InChI=1S/C14H11F3N2/c15-14(16,17)12-8-6-11(7-9-12)13(19-18)10-4-2-1-3-5-10/h1-9H,18H2. The van der Waals surface area contributed by atoms with E-state index in [0.717, 1.165) is 17.7 Å². The van der Waals surface area contributed by atoms with Crippen molar-refractivity contribution in [2.45, 2.75) is 6.18 Å². The molecule has 0 spiro atoms. The average molecular weight is 264 g/mol. The molecule has 2 rings (SSSR count). The van der Waals surface area contributed by atoms with E-state index in [0.29, 0.717) is 11.3 Å². The van der Waals surface area contributed by atoms with Gasteiger partial charge in [-0.05, 0) is 12.1 Å². The maximum Gasteiger partial charge on any atom is 0.416 e. The van der Waals surface area contributed by atoms with E-state index in [1.165, 1.54) is 12.1 Å². The van der Waals surface area contributed by atoms with Gasteiger partial charge in [0.25, 0.3) is 0 Å². The predicted molar refractivity (Wildman–Crippen MR) is 67.7 cm³/mol. The van der Waals surface area contributed by atoms with Crippen LogP contribution >= 0.6 is 0 Å². The van der Waals surface area contributed by atoms with Crippen molar-refractivity contribution in [3.8, 4) is 0 Å². The smallest absolute Gasteiger partial charge is 0.323 e. The molecule has 0 saturated heterocycles. The molecule has 0 atom stereocenters. The summed E-state index contributed by atoms with van der Waals surface area (Å²) in [5.74, 6) is 5.33. The first-order chi connectivity index (χ1) is 9.02. The highest BCUT2D eigenvalue weighted by Gasteiger charge is 2.30. The van der Waals surface area contributed by atoms with E-state index in [2.05, 4.69) is 5.10 Å². The quantitative estimate of drug-likeness (QED) is 0.504. The van der Waals surface area contributed by atoms with E-state index in [1.807, 2.05) is 18.2 Å². The number of halogens is 3. The van der Waals surface area contributed by atoms with E-state index in [9.17, 15) is 13.2 Å². The summed E-state index contributed by atoms with van der Waals surface area (Å²) in [5, 5.41) is 3.66. The molecule has 19 heavy (non-hydrogen) atoms. The topological polar surface area (TPSA) is 38.4 Å². The van der Waals surface area contributed by atoms with Gasteiger partial charge in [0, 0.05) is 11.1 Å². The molecule has 0 radical (unpaired) electrons. The molecule has 2 nitrogen and oxygen atoms in total. The average Bonchev–Trinajstić information content (AvgIpc) is 2.40. The maximum absolute atomic E-state index is 12.5. The monoisotopic (exact) mass is 264 g/mol. The lowest BCUT2D eigenvalue weighted by molar-refractivity contribution is -0.137. The largest absolute Gasteiger partial charge is 0.416 e. The van der Waals surface area contributed by atoms with E-state index in [1.54, 1.807) is 12.1 Å². The molecule has 0 heterocycles. The summed E-state index contributed by atoms with van der Waals surface area (Å²) in [6.07, 6.45) is -4.34. The van der Waals surface area contributed by atoms with Crippen LogP contribution in [0, 0.1) is 0 Å². The van der Waals surface area contributed by atoms with Gasteiger partial charge in [-0.2, -0.15) is 18.3 Å². The van der Waals surface area contributed by atoms with Gasteiger partial charge >= 0.3 is 6.18 Å². The van der Waals surface area contributed by atoms with E-state index < -0.39 is 11.7 Å². The van der Waals surface area contributed by atoms with Gasteiger partial charge in [-0.25, -0.2) is 0 Å². The van der Waals surface area contributed by atoms with Crippen LogP contribution in [0.4, 0.5) is 13.2 Å². The first-order valence-electron chi connectivity index (χ1n) is 5.53. The summed E-state index contributed by atoms with van der Waals surface area (Å²) in [5.41, 5.74) is 1.06. The molecular formula is C14H11F3N2. The second-order valence-electron chi connectivity index (χ2n) is 3.92. The number of hydrogen-bond acceptors (Lipinski definition) is 2. The van der Waals surface area contributed by atoms with Gasteiger partial charge in [-0.15, -0.1) is 0 Å². The van der Waals surface area contributed by atoms with E-state index >= 15 is 0 Å². The second-order valence-corrected chi connectivity index (χ2v) is 3.92. The van der Waals surface area contributed by atoms with Crippen molar-refractivity contribution in [3.05, 3.63) is 71.3 Å². The Balaban J connectivity index is 2.37. The fourth-order valence-electron chi connectivity index (χ4n) is 1.73. The van der Waals surface area contributed by atoms with Gasteiger partial charge in [-0.1, -0.05) is 42.5 Å². The minimum atomic E-state index is -4.34. The van der Waals surface area contributed by atoms with Gasteiger partial charge in [0.15, 0.2) is 0 Å². The highest BCUT2D eigenvalue weighted by Crippen LogP contribution is 2.29. The van der Waals surface area contributed by atoms with Crippen molar-refractivity contribution in [2.24, 2.45) is 10.9 Å². The molecule has 0 saturated carbocycles. The Bertz CT molecular complexity index is 572. The normalized spacial score (nSPS) is 12.5. The van der Waals surface area contributed by atoms with Crippen LogP contribution < -0.4 is 5.84 Å². The van der Waals surface area contributed by atoms with E-state index in [4.69, 9.17) is 5.84 Å². The van der Waals surface area contributed by atoms with Crippen molar-refractivity contribution in [3.63, 3.8) is 0 Å². The molecular weight excluding hydrogens is 253 g/mol. The number of hydrogen-bond donors (Lipinski definition) is 1. The fraction of sp³-hybridized carbons (Fsp3) is 0.0714. The van der Waals surface area contributed by atoms with Crippen LogP contribution in [0.1, 0.15) is 16.7 Å². The molecule has 2 aromatic rings. The van der Waals surface area contributed by atoms with Gasteiger partial charge in [0.05, 0.1) is 11.3 Å². The summed E-state index contributed by atoms with van der Waals surface area (Å²) in [7, 11) is 0. The lowest BCUT2D eigenvalue weighted by Gasteiger charge is -2.09. The third-order valence-electron chi connectivity index (χ3n) is 2.66.